The van der Waals surface area contributed by atoms with Crippen molar-refractivity contribution in [1.82, 2.24) is 9.71 Å². The van der Waals surface area contributed by atoms with Gasteiger partial charge in [-0.05, 0) is 30.7 Å². The molecule has 0 unspecified atom stereocenters. The zero-order chi connectivity index (χ0) is 19.4. The summed E-state index contributed by atoms with van der Waals surface area (Å²) in [6, 6.07) is 6.64. The van der Waals surface area contributed by atoms with Crippen molar-refractivity contribution in [3.8, 4) is 17.0 Å². The van der Waals surface area contributed by atoms with Crippen molar-refractivity contribution in [2.24, 2.45) is 5.92 Å². The molecule has 27 heavy (non-hydrogen) atoms. The van der Waals surface area contributed by atoms with E-state index >= 15 is 0 Å². The van der Waals surface area contributed by atoms with Gasteiger partial charge < -0.3 is 9.47 Å². The molecule has 2 atom stereocenters. The van der Waals surface area contributed by atoms with Crippen molar-refractivity contribution in [3.63, 3.8) is 0 Å². The summed E-state index contributed by atoms with van der Waals surface area (Å²) in [7, 11) is -3.34. The summed E-state index contributed by atoms with van der Waals surface area (Å²) in [5.74, 6) is -0.916. The zero-order valence-corrected chi connectivity index (χ0v) is 15.5. The topological polar surface area (TPSA) is 77.5 Å². The predicted octanol–water partition coefficient (Wildman–Crippen LogP) is 2.36. The van der Waals surface area contributed by atoms with Gasteiger partial charge in [0, 0.05) is 30.2 Å². The fourth-order valence-electron chi connectivity index (χ4n) is 2.92. The summed E-state index contributed by atoms with van der Waals surface area (Å²) >= 11 is 0. The maximum atomic E-state index is 14.4. The Kier molecular flexibility index (Phi) is 6.03. The summed E-state index contributed by atoms with van der Waals surface area (Å²) in [6.45, 7) is 1.01. The van der Waals surface area contributed by atoms with Crippen LogP contribution in [-0.4, -0.2) is 45.5 Å². The van der Waals surface area contributed by atoms with Crippen LogP contribution >= 0.6 is 0 Å². The number of ether oxygens (including phenoxy) is 2. The number of halogens is 2. The van der Waals surface area contributed by atoms with Crippen LogP contribution in [0.5, 0.6) is 5.75 Å². The molecular weight excluding hydrogens is 378 g/mol. The first-order valence-electron chi connectivity index (χ1n) is 8.41. The van der Waals surface area contributed by atoms with E-state index in [4.69, 9.17) is 9.47 Å². The molecule has 0 aliphatic carbocycles. The van der Waals surface area contributed by atoms with Crippen LogP contribution in [0.3, 0.4) is 0 Å². The molecule has 1 aromatic heterocycles. The normalized spacial score (nSPS) is 20.4. The van der Waals surface area contributed by atoms with Gasteiger partial charge in [-0.2, -0.15) is 0 Å². The molecule has 1 aliphatic rings. The largest absolute Gasteiger partial charge is 0.493 e. The van der Waals surface area contributed by atoms with Gasteiger partial charge in [-0.25, -0.2) is 21.9 Å². The van der Waals surface area contributed by atoms with Crippen LogP contribution in [0.4, 0.5) is 8.78 Å². The van der Waals surface area contributed by atoms with Crippen LogP contribution in [0.1, 0.15) is 6.42 Å². The summed E-state index contributed by atoms with van der Waals surface area (Å²) in [5.41, 5.74) is 0.554. The lowest BCUT2D eigenvalue weighted by molar-refractivity contribution is 0.0186. The summed E-state index contributed by atoms with van der Waals surface area (Å²) in [5, 5.41) is 0. The van der Waals surface area contributed by atoms with Gasteiger partial charge in [0.2, 0.25) is 10.0 Å². The highest BCUT2D eigenvalue weighted by Crippen LogP contribution is 2.26. The average Bonchev–Trinajstić information content (AvgIpc) is 2.61. The van der Waals surface area contributed by atoms with E-state index in [0.717, 1.165) is 12.5 Å². The molecule has 146 valence electrons. The maximum absolute atomic E-state index is 14.4. The number of sulfonamides is 1. The zero-order valence-electron chi connectivity index (χ0n) is 14.7. The van der Waals surface area contributed by atoms with Crippen LogP contribution in [0, 0.1) is 17.6 Å². The number of hydrogen-bond acceptors (Lipinski definition) is 5. The standard InChI is InChI=1S/C18H20F2N2O4S/c1-27(23,24)22-17-6-7-25-10-12(17)11-26-14-3-4-15(16(20)8-14)18-5-2-13(19)9-21-18/h2-5,8-9,12,17,22H,6-7,10-11H2,1H3/t12-,17+/m1/s1. The highest BCUT2D eigenvalue weighted by atomic mass is 32.2. The molecule has 0 bridgehead atoms. The molecule has 1 aromatic carbocycles. The minimum atomic E-state index is -3.34. The fraction of sp³-hybridized carbons (Fsp3) is 0.389. The third-order valence-electron chi connectivity index (χ3n) is 4.25. The van der Waals surface area contributed by atoms with E-state index in [1.807, 2.05) is 0 Å². The van der Waals surface area contributed by atoms with Crippen molar-refractivity contribution in [3.05, 3.63) is 48.2 Å². The van der Waals surface area contributed by atoms with Gasteiger partial charge in [0.1, 0.15) is 17.4 Å². The van der Waals surface area contributed by atoms with Gasteiger partial charge >= 0.3 is 0 Å². The molecule has 1 aliphatic heterocycles. The van der Waals surface area contributed by atoms with Gasteiger partial charge in [-0.15, -0.1) is 0 Å². The first-order chi connectivity index (χ1) is 12.8. The van der Waals surface area contributed by atoms with Crippen LogP contribution in [-0.2, 0) is 14.8 Å². The van der Waals surface area contributed by atoms with Crippen molar-refractivity contribution in [2.45, 2.75) is 12.5 Å². The van der Waals surface area contributed by atoms with Crippen molar-refractivity contribution < 1.29 is 26.7 Å². The summed E-state index contributed by atoms with van der Waals surface area (Å²) < 4.78 is 63.9. The summed E-state index contributed by atoms with van der Waals surface area (Å²) in [6.07, 6.45) is 2.68. The van der Waals surface area contributed by atoms with E-state index < -0.39 is 21.7 Å². The number of hydrogen-bond donors (Lipinski definition) is 1. The van der Waals surface area contributed by atoms with Crippen molar-refractivity contribution in [1.29, 1.82) is 0 Å². The van der Waals surface area contributed by atoms with E-state index in [1.165, 1.54) is 24.3 Å². The third-order valence-corrected chi connectivity index (χ3v) is 4.98. The Hall–Kier alpha value is -2.10. The van der Waals surface area contributed by atoms with E-state index in [-0.39, 0.29) is 24.1 Å². The molecule has 0 saturated carbocycles. The Bertz CT molecular complexity index is 891. The highest BCUT2D eigenvalue weighted by Gasteiger charge is 2.28. The maximum Gasteiger partial charge on any atom is 0.208 e. The minimum Gasteiger partial charge on any atom is -0.493 e. The van der Waals surface area contributed by atoms with Crippen LogP contribution in [0.15, 0.2) is 36.5 Å². The van der Waals surface area contributed by atoms with Crippen LogP contribution in [0.25, 0.3) is 11.3 Å². The molecule has 0 spiro atoms. The second kappa shape index (κ2) is 8.28. The quantitative estimate of drug-likeness (QED) is 0.808. The molecule has 1 fully saturated rings. The lowest BCUT2D eigenvalue weighted by Crippen LogP contribution is -2.47. The van der Waals surface area contributed by atoms with Crippen LogP contribution in [0.2, 0.25) is 0 Å². The van der Waals surface area contributed by atoms with Crippen molar-refractivity contribution in [2.75, 3.05) is 26.1 Å². The van der Waals surface area contributed by atoms with E-state index in [0.29, 0.717) is 31.1 Å². The second-order valence-corrected chi connectivity index (χ2v) is 8.21. The van der Waals surface area contributed by atoms with E-state index in [2.05, 4.69) is 9.71 Å². The molecule has 0 amide bonds. The van der Waals surface area contributed by atoms with E-state index in [1.54, 1.807) is 6.07 Å². The highest BCUT2D eigenvalue weighted by molar-refractivity contribution is 7.88. The molecule has 2 aromatic rings. The minimum absolute atomic E-state index is 0.181. The Morgan fingerprint density at radius 2 is 2.11 bits per heavy atom. The average molecular weight is 398 g/mol. The number of nitrogens with one attached hydrogen (secondary N) is 1. The fourth-order valence-corrected chi connectivity index (χ4v) is 3.78. The molecule has 1 N–H and O–H groups in total. The monoisotopic (exact) mass is 398 g/mol. The lowest BCUT2D eigenvalue weighted by Gasteiger charge is -2.31. The molecule has 9 heteroatoms. The lowest BCUT2D eigenvalue weighted by atomic mass is 9.98. The number of rotatable bonds is 6. The van der Waals surface area contributed by atoms with Gasteiger partial charge in [0.05, 0.1) is 31.4 Å². The second-order valence-electron chi connectivity index (χ2n) is 6.43. The first-order valence-corrected chi connectivity index (χ1v) is 10.3. The molecule has 2 heterocycles. The number of nitrogens with zero attached hydrogens (tertiary/aromatic N) is 1. The summed E-state index contributed by atoms with van der Waals surface area (Å²) in [4.78, 5) is 3.86. The Labute approximate surface area is 156 Å². The first kappa shape index (κ1) is 19.7. The molecule has 6 nitrogen and oxygen atoms in total. The van der Waals surface area contributed by atoms with Gasteiger partial charge in [-0.1, -0.05) is 0 Å². The molecule has 1 saturated heterocycles. The Morgan fingerprint density at radius 1 is 1.30 bits per heavy atom. The van der Waals surface area contributed by atoms with E-state index in [9.17, 15) is 17.2 Å². The molecular formula is C18H20F2N2O4S. The van der Waals surface area contributed by atoms with Crippen molar-refractivity contribution >= 4 is 10.0 Å². The molecule has 3 rings (SSSR count). The molecule has 0 radical (unpaired) electrons. The predicted molar refractivity (Wildman–Crippen MR) is 95.8 cm³/mol. The smallest absolute Gasteiger partial charge is 0.208 e. The van der Waals surface area contributed by atoms with Gasteiger partial charge in [0.25, 0.3) is 0 Å². The SMILES string of the molecule is CS(=O)(=O)N[C@H]1CCOC[C@@H]1COc1ccc(-c2ccc(F)cn2)c(F)c1. The third kappa shape index (κ3) is 5.44. The number of pyridine rings is 1. The Morgan fingerprint density at radius 3 is 2.78 bits per heavy atom. The number of benzene rings is 1. The van der Waals surface area contributed by atoms with Gasteiger partial charge in [0.15, 0.2) is 0 Å². The van der Waals surface area contributed by atoms with Crippen LogP contribution < -0.4 is 9.46 Å². The van der Waals surface area contributed by atoms with Gasteiger partial charge in [-0.3, -0.25) is 4.98 Å². The Balaban J connectivity index is 1.67. The number of aromatic nitrogens is 1.